The number of thiophene rings is 2. The van der Waals surface area contributed by atoms with E-state index in [1.165, 1.54) is 101 Å². The third kappa shape index (κ3) is 9.56. The summed E-state index contributed by atoms with van der Waals surface area (Å²) in [5.41, 5.74) is 31.9. The van der Waals surface area contributed by atoms with Gasteiger partial charge in [0.05, 0.1) is 22.7 Å². The number of benzene rings is 8. The lowest BCUT2D eigenvalue weighted by Gasteiger charge is -2.33. The third-order valence-corrected chi connectivity index (χ3v) is 19.0. The lowest BCUT2D eigenvalue weighted by atomic mass is 9.70. The number of anilines is 2. The normalized spacial score (nSPS) is 12.9. The molecule has 8 aromatic carbocycles. The molecule has 0 unspecified atom stereocenters. The number of pyridine rings is 2. The van der Waals surface area contributed by atoms with Gasteiger partial charge >= 0.3 is 0 Å². The molecular formula is C71H62N8S2. The van der Waals surface area contributed by atoms with Crippen LogP contribution in [0.25, 0.3) is 96.0 Å². The van der Waals surface area contributed by atoms with Crippen molar-refractivity contribution in [3.63, 3.8) is 0 Å². The van der Waals surface area contributed by atoms with Crippen LogP contribution < -0.4 is 11.5 Å². The maximum atomic E-state index is 7.47. The first kappa shape index (κ1) is 51.7. The summed E-state index contributed by atoms with van der Waals surface area (Å²) in [6, 6.07) is 60.8. The van der Waals surface area contributed by atoms with Crippen LogP contribution in [0.3, 0.4) is 0 Å². The molecule has 0 aliphatic heterocycles. The summed E-state index contributed by atoms with van der Waals surface area (Å²) < 4.78 is 4.90. The molecule has 81 heavy (non-hydrogen) atoms. The molecule has 0 amide bonds. The number of nitrogen functional groups attached to an aromatic ring is 2. The Kier molecular flexibility index (Phi) is 14.3. The van der Waals surface area contributed by atoms with Crippen LogP contribution in [0.2, 0.25) is 0 Å². The van der Waals surface area contributed by atoms with E-state index in [1.807, 2.05) is 24.3 Å². The molecule has 0 bridgehead atoms. The Labute approximate surface area is 481 Å². The standard InChI is InChI=1S/C71H62N8S2/c1-3-5-7-13-37-71(38-14-8-6-4-2)61-43-45(49-29-31-55(65(72)67(49)78-76-47-33-39-74-40-34-47)59-21-15-19-57-53-17-9-11-23-63(53)80-69(57)59)25-27-51(61)52-28-26-46(44-62(52)71)50-30-32-56(66(73)68(50)79-77-48-35-41-75-42-36-48)60-22-16-20-58-54-18-10-12-24-64(54)81-70(58)60/h9-12,15-36,39-44H,3-8,13-14,37-38,72-73H2,1-2H3. The second-order valence-electron chi connectivity index (χ2n) is 21.4. The Morgan fingerprint density at radius 1 is 0.383 bits per heavy atom. The molecule has 12 aromatic rings. The molecule has 13 rings (SSSR count). The number of fused-ring (bicyclic) bond motifs is 9. The summed E-state index contributed by atoms with van der Waals surface area (Å²) in [5.74, 6) is 0. The van der Waals surface area contributed by atoms with E-state index >= 15 is 0 Å². The Bertz CT molecular complexity index is 4090. The number of azo groups is 2. The SMILES string of the molecule is CCCCCCC1(CCCCCC)c2cc(-c3ccc(-c4cccc5c4sc4ccccc45)c(N)c3N=Nc3ccncc3)ccc2-c2ccc(-c3ccc(-c4cccc5c4sc4ccccc45)c(N)c3N=Nc3ccncc3)cc21. The van der Waals surface area contributed by atoms with Crippen molar-refractivity contribution in [2.24, 2.45) is 20.5 Å². The first-order valence-corrected chi connectivity index (χ1v) is 30.2. The molecule has 0 saturated carbocycles. The Balaban J connectivity index is 0.976. The molecule has 0 spiro atoms. The maximum absolute atomic E-state index is 7.47. The van der Waals surface area contributed by atoms with Crippen LogP contribution in [0.15, 0.2) is 215 Å². The van der Waals surface area contributed by atoms with Crippen molar-refractivity contribution in [2.75, 3.05) is 11.5 Å². The van der Waals surface area contributed by atoms with Gasteiger partial charge in [-0.2, -0.15) is 10.2 Å². The molecule has 0 fully saturated rings. The van der Waals surface area contributed by atoms with E-state index in [1.54, 1.807) is 47.5 Å². The zero-order chi connectivity index (χ0) is 54.9. The summed E-state index contributed by atoms with van der Waals surface area (Å²) >= 11 is 3.61. The van der Waals surface area contributed by atoms with Gasteiger partial charge in [0.25, 0.3) is 0 Å². The molecule has 0 radical (unpaired) electrons. The van der Waals surface area contributed by atoms with Crippen LogP contribution >= 0.6 is 22.7 Å². The molecule has 4 N–H and O–H groups in total. The summed E-state index contributed by atoms with van der Waals surface area (Å²) in [4.78, 5) is 8.50. The van der Waals surface area contributed by atoms with Crippen molar-refractivity contribution in [1.82, 2.24) is 9.97 Å². The molecule has 1 aliphatic rings. The molecule has 4 heterocycles. The number of rotatable bonds is 18. The van der Waals surface area contributed by atoms with Crippen molar-refractivity contribution in [2.45, 2.75) is 83.5 Å². The molecule has 0 saturated heterocycles. The van der Waals surface area contributed by atoms with E-state index < -0.39 is 0 Å². The minimum absolute atomic E-state index is 0.278. The van der Waals surface area contributed by atoms with E-state index in [4.69, 9.17) is 31.9 Å². The molecule has 398 valence electrons. The lowest BCUT2D eigenvalue weighted by Crippen LogP contribution is -2.25. The fourth-order valence-electron chi connectivity index (χ4n) is 12.5. The van der Waals surface area contributed by atoms with E-state index in [-0.39, 0.29) is 5.41 Å². The fraction of sp³-hybridized carbons (Fsp3) is 0.183. The van der Waals surface area contributed by atoms with Gasteiger partial charge in [0, 0.05) is 104 Å². The van der Waals surface area contributed by atoms with Crippen molar-refractivity contribution >= 4 is 97.1 Å². The van der Waals surface area contributed by atoms with Crippen molar-refractivity contribution in [3.8, 4) is 55.6 Å². The van der Waals surface area contributed by atoms with Gasteiger partial charge in [-0.15, -0.1) is 32.9 Å². The van der Waals surface area contributed by atoms with Crippen molar-refractivity contribution in [1.29, 1.82) is 0 Å². The quantitative estimate of drug-likeness (QED) is 0.0504. The first-order valence-electron chi connectivity index (χ1n) is 28.5. The molecule has 10 heteroatoms. The number of nitrogens with two attached hydrogens (primary N) is 2. The average molecular weight is 1090 g/mol. The average Bonchev–Trinajstić information content (AvgIpc) is 4.39. The number of hydrogen-bond acceptors (Lipinski definition) is 10. The number of unbranched alkanes of at least 4 members (excludes halogenated alkanes) is 6. The van der Waals surface area contributed by atoms with Gasteiger partial charge in [0.15, 0.2) is 0 Å². The molecular weight excluding hydrogens is 1030 g/mol. The molecule has 4 aromatic heterocycles. The van der Waals surface area contributed by atoms with Crippen LogP contribution in [0.4, 0.5) is 34.1 Å². The summed E-state index contributed by atoms with van der Waals surface area (Å²) in [6.45, 7) is 4.60. The summed E-state index contributed by atoms with van der Waals surface area (Å²) in [5, 5.41) is 24.7. The Morgan fingerprint density at radius 3 is 1.23 bits per heavy atom. The zero-order valence-corrected chi connectivity index (χ0v) is 47.3. The number of hydrogen-bond donors (Lipinski definition) is 2. The highest BCUT2D eigenvalue weighted by Gasteiger charge is 2.43. The summed E-state index contributed by atoms with van der Waals surface area (Å²) in [7, 11) is 0. The van der Waals surface area contributed by atoms with E-state index in [2.05, 4.69) is 169 Å². The predicted octanol–water partition coefficient (Wildman–Crippen LogP) is 22.1. The highest BCUT2D eigenvalue weighted by molar-refractivity contribution is 7.26. The third-order valence-electron chi connectivity index (χ3n) is 16.6. The van der Waals surface area contributed by atoms with Crippen LogP contribution in [-0.4, -0.2) is 9.97 Å². The molecule has 8 nitrogen and oxygen atoms in total. The van der Waals surface area contributed by atoms with Gasteiger partial charge < -0.3 is 11.5 Å². The Morgan fingerprint density at radius 2 is 0.790 bits per heavy atom. The van der Waals surface area contributed by atoms with E-state index in [0.29, 0.717) is 34.1 Å². The predicted molar refractivity (Wildman–Crippen MR) is 343 cm³/mol. The van der Waals surface area contributed by atoms with Crippen LogP contribution in [0, 0.1) is 0 Å². The zero-order valence-electron chi connectivity index (χ0n) is 45.7. The van der Waals surface area contributed by atoms with Gasteiger partial charge in [-0.1, -0.05) is 187 Å². The van der Waals surface area contributed by atoms with Gasteiger partial charge in [-0.3, -0.25) is 9.97 Å². The van der Waals surface area contributed by atoms with Crippen LogP contribution in [-0.2, 0) is 5.41 Å². The smallest absolute Gasteiger partial charge is 0.117 e. The number of aromatic nitrogens is 2. The minimum atomic E-state index is -0.278. The largest absolute Gasteiger partial charge is 0.396 e. The molecule has 0 atom stereocenters. The summed E-state index contributed by atoms with van der Waals surface area (Å²) in [6.07, 6.45) is 18.3. The highest BCUT2D eigenvalue weighted by atomic mass is 32.1. The van der Waals surface area contributed by atoms with Crippen LogP contribution in [0.5, 0.6) is 0 Å². The van der Waals surface area contributed by atoms with Crippen molar-refractivity contribution < 1.29 is 0 Å². The van der Waals surface area contributed by atoms with E-state index in [9.17, 15) is 0 Å². The number of nitrogens with zero attached hydrogens (tertiary/aromatic N) is 6. The lowest BCUT2D eigenvalue weighted by molar-refractivity contribution is 0.401. The monoisotopic (exact) mass is 1090 g/mol. The molecule has 1 aliphatic carbocycles. The fourth-order valence-corrected chi connectivity index (χ4v) is 15.0. The maximum Gasteiger partial charge on any atom is 0.117 e. The van der Waals surface area contributed by atoms with E-state index in [0.717, 1.165) is 70.2 Å². The highest BCUT2D eigenvalue weighted by Crippen LogP contribution is 2.58. The van der Waals surface area contributed by atoms with Gasteiger partial charge in [-0.05, 0) is 94.8 Å². The van der Waals surface area contributed by atoms with Gasteiger partial charge in [0.2, 0.25) is 0 Å². The topological polar surface area (TPSA) is 127 Å². The second-order valence-corrected chi connectivity index (χ2v) is 23.5. The van der Waals surface area contributed by atoms with Gasteiger partial charge in [0.1, 0.15) is 11.4 Å². The minimum Gasteiger partial charge on any atom is -0.396 e. The Hall–Kier alpha value is -8.70. The van der Waals surface area contributed by atoms with Gasteiger partial charge in [-0.25, -0.2) is 0 Å². The first-order chi connectivity index (χ1) is 39.9. The van der Waals surface area contributed by atoms with Crippen molar-refractivity contribution in [3.05, 3.63) is 206 Å². The van der Waals surface area contributed by atoms with Crippen LogP contribution in [0.1, 0.15) is 89.2 Å². The second kappa shape index (κ2) is 22.4.